The first-order valence-corrected chi connectivity index (χ1v) is 6.46. The molecule has 3 nitrogen and oxygen atoms in total. The smallest absolute Gasteiger partial charge is 0.142 e. The number of rotatable bonds is 3. The van der Waals surface area contributed by atoms with Gasteiger partial charge in [0.15, 0.2) is 0 Å². The van der Waals surface area contributed by atoms with Gasteiger partial charge in [0.25, 0.3) is 0 Å². The molecule has 17 heavy (non-hydrogen) atoms. The minimum atomic E-state index is 0.489. The van der Waals surface area contributed by atoms with E-state index in [2.05, 4.69) is 16.4 Å². The molecule has 0 radical (unpaired) electrons. The molecule has 3 heteroatoms. The van der Waals surface area contributed by atoms with Crippen molar-refractivity contribution in [3.63, 3.8) is 0 Å². The Morgan fingerprint density at radius 2 is 2.29 bits per heavy atom. The Hall–Kier alpha value is -1.56. The summed E-state index contributed by atoms with van der Waals surface area (Å²) in [5.41, 5.74) is 0.489. The molecular weight excluding hydrogens is 210 g/mol. The third-order valence-electron chi connectivity index (χ3n) is 4.29. The normalized spacial score (nSPS) is 30.2. The molecule has 1 aromatic rings. The highest BCUT2D eigenvalue weighted by atomic mass is 15.0. The summed E-state index contributed by atoms with van der Waals surface area (Å²) >= 11 is 0. The van der Waals surface area contributed by atoms with Crippen molar-refractivity contribution in [2.45, 2.75) is 25.7 Å². The minimum Gasteiger partial charge on any atom is -0.370 e. The molecule has 2 bridgehead atoms. The SMILES string of the molecule is N#Cc1cccc(NCC2CC3CCC2C3)n1. The van der Waals surface area contributed by atoms with Crippen LogP contribution in [-0.2, 0) is 0 Å². The molecule has 3 rings (SSSR count). The summed E-state index contributed by atoms with van der Waals surface area (Å²) < 4.78 is 0. The number of nitriles is 1. The summed E-state index contributed by atoms with van der Waals surface area (Å²) in [5.74, 6) is 3.59. The van der Waals surface area contributed by atoms with Gasteiger partial charge in [0, 0.05) is 6.54 Å². The van der Waals surface area contributed by atoms with Gasteiger partial charge in [-0.15, -0.1) is 0 Å². The maximum Gasteiger partial charge on any atom is 0.142 e. The molecule has 0 saturated heterocycles. The molecule has 2 saturated carbocycles. The first-order chi connectivity index (χ1) is 8.35. The minimum absolute atomic E-state index is 0.489. The summed E-state index contributed by atoms with van der Waals surface area (Å²) in [6, 6.07) is 7.63. The Bertz CT molecular complexity index is 449. The number of aromatic nitrogens is 1. The van der Waals surface area contributed by atoms with Crippen LogP contribution in [0.2, 0.25) is 0 Å². The van der Waals surface area contributed by atoms with Crippen LogP contribution >= 0.6 is 0 Å². The standard InChI is InChI=1S/C14H17N3/c15-8-13-2-1-3-14(17-13)16-9-12-7-10-4-5-11(12)6-10/h1-3,10-12H,4-7,9H2,(H,16,17). The summed E-state index contributed by atoms with van der Waals surface area (Å²) in [5, 5.41) is 12.2. The topological polar surface area (TPSA) is 48.7 Å². The number of anilines is 1. The molecule has 0 aliphatic heterocycles. The van der Waals surface area contributed by atoms with Crippen molar-refractivity contribution < 1.29 is 0 Å². The zero-order valence-electron chi connectivity index (χ0n) is 9.89. The quantitative estimate of drug-likeness (QED) is 0.863. The average molecular weight is 227 g/mol. The van der Waals surface area contributed by atoms with Gasteiger partial charge in [0.2, 0.25) is 0 Å². The molecule has 0 aromatic carbocycles. The van der Waals surface area contributed by atoms with Gasteiger partial charge in [0.05, 0.1) is 0 Å². The third kappa shape index (κ3) is 2.12. The predicted molar refractivity (Wildman–Crippen MR) is 66.4 cm³/mol. The number of nitrogens with zero attached hydrogens (tertiary/aromatic N) is 2. The molecule has 0 spiro atoms. The van der Waals surface area contributed by atoms with E-state index >= 15 is 0 Å². The monoisotopic (exact) mass is 227 g/mol. The van der Waals surface area contributed by atoms with Gasteiger partial charge in [-0.2, -0.15) is 5.26 Å². The zero-order valence-corrected chi connectivity index (χ0v) is 9.89. The van der Waals surface area contributed by atoms with Crippen LogP contribution in [0.25, 0.3) is 0 Å². The summed E-state index contributed by atoms with van der Waals surface area (Å²) in [7, 11) is 0. The van der Waals surface area contributed by atoms with Crippen LogP contribution in [0, 0.1) is 29.1 Å². The van der Waals surface area contributed by atoms with E-state index in [9.17, 15) is 0 Å². The van der Waals surface area contributed by atoms with Gasteiger partial charge < -0.3 is 5.32 Å². The number of pyridine rings is 1. The molecule has 1 N–H and O–H groups in total. The Morgan fingerprint density at radius 3 is 3.00 bits per heavy atom. The van der Waals surface area contributed by atoms with Gasteiger partial charge >= 0.3 is 0 Å². The van der Waals surface area contributed by atoms with E-state index in [1.807, 2.05) is 12.1 Å². The van der Waals surface area contributed by atoms with E-state index in [4.69, 9.17) is 5.26 Å². The van der Waals surface area contributed by atoms with Gasteiger partial charge in [0.1, 0.15) is 17.6 Å². The fraction of sp³-hybridized carbons (Fsp3) is 0.571. The summed E-state index contributed by atoms with van der Waals surface area (Å²) in [4.78, 5) is 4.24. The zero-order chi connectivity index (χ0) is 11.7. The van der Waals surface area contributed by atoms with Crippen LogP contribution in [0.3, 0.4) is 0 Å². The molecule has 88 valence electrons. The lowest BCUT2D eigenvalue weighted by molar-refractivity contribution is 0.348. The van der Waals surface area contributed by atoms with Gasteiger partial charge in [-0.3, -0.25) is 0 Å². The molecule has 3 atom stereocenters. The van der Waals surface area contributed by atoms with Crippen molar-refractivity contribution in [1.29, 1.82) is 5.26 Å². The molecule has 1 aromatic heterocycles. The molecule has 3 unspecified atom stereocenters. The van der Waals surface area contributed by atoms with Crippen LogP contribution in [0.1, 0.15) is 31.4 Å². The van der Waals surface area contributed by atoms with Gasteiger partial charge in [-0.05, 0) is 49.1 Å². The molecule has 0 amide bonds. The maximum absolute atomic E-state index is 8.79. The van der Waals surface area contributed by atoms with Gasteiger partial charge in [-0.25, -0.2) is 4.98 Å². The van der Waals surface area contributed by atoms with Gasteiger partial charge in [-0.1, -0.05) is 12.5 Å². The predicted octanol–water partition coefficient (Wildman–Crippen LogP) is 2.80. The van der Waals surface area contributed by atoms with Crippen molar-refractivity contribution in [2.75, 3.05) is 11.9 Å². The second kappa shape index (κ2) is 4.37. The van der Waals surface area contributed by atoms with E-state index in [1.54, 1.807) is 6.07 Å². The van der Waals surface area contributed by atoms with E-state index in [0.29, 0.717) is 5.69 Å². The lowest BCUT2D eigenvalue weighted by Gasteiger charge is -2.22. The molecule has 2 aliphatic rings. The maximum atomic E-state index is 8.79. The number of nitrogens with one attached hydrogen (secondary N) is 1. The first-order valence-electron chi connectivity index (χ1n) is 6.46. The Kier molecular flexibility index (Phi) is 2.72. The molecule has 1 heterocycles. The van der Waals surface area contributed by atoms with Crippen LogP contribution < -0.4 is 5.32 Å². The summed E-state index contributed by atoms with van der Waals surface area (Å²) in [6.07, 6.45) is 5.69. The first kappa shape index (κ1) is 10.6. The van der Waals surface area contributed by atoms with Crippen LogP contribution in [0.15, 0.2) is 18.2 Å². The second-order valence-corrected chi connectivity index (χ2v) is 5.34. The van der Waals surface area contributed by atoms with Crippen molar-refractivity contribution in [2.24, 2.45) is 17.8 Å². The van der Waals surface area contributed by atoms with Crippen LogP contribution in [0.4, 0.5) is 5.82 Å². The summed E-state index contributed by atoms with van der Waals surface area (Å²) in [6.45, 7) is 1.02. The van der Waals surface area contributed by atoms with E-state index in [1.165, 1.54) is 25.7 Å². The lowest BCUT2D eigenvalue weighted by Crippen LogP contribution is -2.20. The number of fused-ring (bicyclic) bond motifs is 2. The van der Waals surface area contributed by atoms with Crippen molar-refractivity contribution in [3.05, 3.63) is 23.9 Å². The lowest BCUT2D eigenvalue weighted by atomic mass is 9.89. The second-order valence-electron chi connectivity index (χ2n) is 5.34. The Labute approximate surface area is 102 Å². The highest BCUT2D eigenvalue weighted by molar-refractivity contribution is 5.38. The van der Waals surface area contributed by atoms with Crippen LogP contribution in [0.5, 0.6) is 0 Å². The molecular formula is C14H17N3. The number of hydrogen-bond acceptors (Lipinski definition) is 3. The van der Waals surface area contributed by atoms with Crippen LogP contribution in [-0.4, -0.2) is 11.5 Å². The Balaban J connectivity index is 1.59. The van der Waals surface area contributed by atoms with Crippen molar-refractivity contribution in [1.82, 2.24) is 4.98 Å². The molecule has 2 fully saturated rings. The highest BCUT2D eigenvalue weighted by Gasteiger charge is 2.38. The third-order valence-corrected chi connectivity index (χ3v) is 4.29. The highest BCUT2D eigenvalue weighted by Crippen LogP contribution is 2.48. The molecule has 2 aliphatic carbocycles. The van der Waals surface area contributed by atoms with E-state index < -0.39 is 0 Å². The number of hydrogen-bond donors (Lipinski definition) is 1. The average Bonchev–Trinajstić information content (AvgIpc) is 2.99. The van der Waals surface area contributed by atoms with Crippen molar-refractivity contribution >= 4 is 5.82 Å². The Morgan fingerprint density at radius 1 is 1.35 bits per heavy atom. The fourth-order valence-electron chi connectivity index (χ4n) is 3.46. The van der Waals surface area contributed by atoms with Crippen molar-refractivity contribution in [3.8, 4) is 6.07 Å². The largest absolute Gasteiger partial charge is 0.370 e. The fourth-order valence-corrected chi connectivity index (χ4v) is 3.46. The van der Waals surface area contributed by atoms with E-state index in [0.717, 1.165) is 30.1 Å². The van der Waals surface area contributed by atoms with E-state index in [-0.39, 0.29) is 0 Å².